The lowest BCUT2D eigenvalue weighted by molar-refractivity contribution is 0.0577. The molecule has 18 heavy (non-hydrogen) atoms. The van der Waals surface area contributed by atoms with Crippen LogP contribution in [0.15, 0.2) is 29.2 Å². The Labute approximate surface area is 115 Å². The molecule has 0 N–H and O–H groups in total. The number of thiophene rings is 1. The molecular weight excluding hydrogens is 238 g/mol. The Balaban J connectivity index is 1.90. The molecule has 2 heterocycles. The minimum atomic E-state index is 0.365. The third kappa shape index (κ3) is 2.17. The highest BCUT2D eigenvalue weighted by Gasteiger charge is 2.40. The molecule has 1 saturated carbocycles. The van der Waals surface area contributed by atoms with Crippen LogP contribution in [-0.4, -0.2) is 18.0 Å². The quantitative estimate of drug-likeness (QED) is 0.705. The van der Waals surface area contributed by atoms with E-state index in [0.717, 1.165) is 6.54 Å². The van der Waals surface area contributed by atoms with Crippen LogP contribution in [0.2, 0.25) is 0 Å². The van der Waals surface area contributed by atoms with Gasteiger partial charge in [0.05, 0.1) is 5.54 Å². The lowest BCUT2D eigenvalue weighted by Gasteiger charge is -2.47. The van der Waals surface area contributed by atoms with Crippen molar-refractivity contribution in [2.75, 3.05) is 13.1 Å². The lowest BCUT2D eigenvalue weighted by atomic mass is 9.78. The van der Waals surface area contributed by atoms with E-state index in [-0.39, 0.29) is 0 Å². The minimum absolute atomic E-state index is 0.365. The second-order valence-corrected chi connectivity index (χ2v) is 6.76. The maximum Gasteiger partial charge on any atom is 0.0556 e. The second kappa shape index (κ2) is 5.18. The topological polar surface area (TPSA) is 3.24 Å². The molecule has 2 aliphatic rings. The van der Waals surface area contributed by atoms with E-state index in [4.69, 9.17) is 0 Å². The van der Waals surface area contributed by atoms with Gasteiger partial charge in [0.2, 0.25) is 0 Å². The zero-order valence-corrected chi connectivity index (χ0v) is 12.1. The van der Waals surface area contributed by atoms with E-state index in [1.165, 1.54) is 45.1 Å². The van der Waals surface area contributed by atoms with Crippen molar-refractivity contribution < 1.29 is 0 Å². The maximum absolute atomic E-state index is 2.75. The Morgan fingerprint density at radius 1 is 1.22 bits per heavy atom. The fraction of sp³-hybridized carbons (Fsp3) is 0.625. The summed E-state index contributed by atoms with van der Waals surface area (Å²) >= 11 is 1.96. The molecule has 0 atom stereocenters. The largest absolute Gasteiger partial charge is 0.289 e. The van der Waals surface area contributed by atoms with E-state index in [1.807, 2.05) is 11.3 Å². The van der Waals surface area contributed by atoms with E-state index >= 15 is 0 Å². The Bertz CT molecular complexity index is 412. The van der Waals surface area contributed by atoms with E-state index in [1.54, 1.807) is 10.5 Å². The first kappa shape index (κ1) is 12.4. The fourth-order valence-corrected chi connectivity index (χ4v) is 4.57. The molecule has 1 aliphatic heterocycles. The van der Waals surface area contributed by atoms with Crippen molar-refractivity contribution >= 4 is 11.3 Å². The van der Waals surface area contributed by atoms with Crippen molar-refractivity contribution in [2.45, 2.75) is 51.0 Å². The van der Waals surface area contributed by atoms with E-state index in [2.05, 4.69) is 35.4 Å². The lowest BCUT2D eigenvalue weighted by Crippen LogP contribution is -2.48. The molecule has 0 unspecified atom stereocenters. The normalized spacial score (nSPS) is 24.8. The summed E-state index contributed by atoms with van der Waals surface area (Å²) in [6.45, 7) is 4.68. The van der Waals surface area contributed by atoms with Crippen LogP contribution in [0.5, 0.6) is 0 Å². The molecule has 0 saturated heterocycles. The SMILES string of the molecule is CC1=CCN(C2(c3cccs3)CCCCC2)CC1. The van der Waals surface area contributed by atoms with Crippen molar-refractivity contribution in [1.29, 1.82) is 0 Å². The monoisotopic (exact) mass is 261 g/mol. The Morgan fingerprint density at radius 2 is 2.06 bits per heavy atom. The van der Waals surface area contributed by atoms with Crippen LogP contribution in [0.1, 0.15) is 50.3 Å². The van der Waals surface area contributed by atoms with Gasteiger partial charge in [-0.1, -0.05) is 37.0 Å². The summed E-state index contributed by atoms with van der Waals surface area (Å²) in [5.74, 6) is 0. The summed E-state index contributed by atoms with van der Waals surface area (Å²) in [5.41, 5.74) is 1.94. The van der Waals surface area contributed by atoms with Gasteiger partial charge < -0.3 is 0 Å². The number of hydrogen-bond donors (Lipinski definition) is 0. The van der Waals surface area contributed by atoms with Crippen molar-refractivity contribution in [1.82, 2.24) is 4.90 Å². The molecule has 1 aromatic rings. The molecule has 1 fully saturated rings. The Morgan fingerprint density at radius 3 is 2.67 bits per heavy atom. The predicted molar refractivity (Wildman–Crippen MR) is 79.0 cm³/mol. The summed E-state index contributed by atoms with van der Waals surface area (Å²) in [4.78, 5) is 4.36. The van der Waals surface area contributed by atoms with Gasteiger partial charge in [0, 0.05) is 18.0 Å². The standard InChI is InChI=1S/C16H23NS/c1-14-7-11-17(12-8-14)16(9-3-2-4-10-16)15-6-5-13-18-15/h5-7,13H,2-4,8-12H2,1H3. The van der Waals surface area contributed by atoms with Crippen molar-refractivity contribution in [3.8, 4) is 0 Å². The summed E-state index contributed by atoms with van der Waals surface area (Å²) in [6, 6.07) is 4.59. The summed E-state index contributed by atoms with van der Waals surface area (Å²) < 4.78 is 0. The minimum Gasteiger partial charge on any atom is -0.289 e. The van der Waals surface area contributed by atoms with Gasteiger partial charge in [-0.2, -0.15) is 0 Å². The van der Waals surface area contributed by atoms with Crippen LogP contribution in [0.3, 0.4) is 0 Å². The molecule has 1 aromatic heterocycles. The Hall–Kier alpha value is -0.600. The molecule has 0 aromatic carbocycles. The first-order valence-corrected chi connectivity index (χ1v) is 8.14. The fourth-order valence-electron chi connectivity index (χ4n) is 3.56. The smallest absolute Gasteiger partial charge is 0.0556 e. The third-order valence-corrected chi connectivity index (χ3v) is 5.77. The average Bonchev–Trinajstić information content (AvgIpc) is 2.95. The number of rotatable bonds is 2. The molecule has 2 heteroatoms. The van der Waals surface area contributed by atoms with E-state index in [9.17, 15) is 0 Å². The van der Waals surface area contributed by atoms with Crippen LogP contribution in [0, 0.1) is 0 Å². The van der Waals surface area contributed by atoms with Crippen LogP contribution >= 0.6 is 11.3 Å². The van der Waals surface area contributed by atoms with Gasteiger partial charge in [-0.05, 0) is 37.6 Å². The van der Waals surface area contributed by atoms with Gasteiger partial charge in [0.25, 0.3) is 0 Å². The molecule has 0 amide bonds. The highest BCUT2D eigenvalue weighted by molar-refractivity contribution is 7.10. The van der Waals surface area contributed by atoms with Gasteiger partial charge in [-0.3, -0.25) is 4.90 Å². The maximum atomic E-state index is 2.75. The first-order chi connectivity index (χ1) is 8.81. The van der Waals surface area contributed by atoms with Crippen LogP contribution in [-0.2, 0) is 5.54 Å². The highest BCUT2D eigenvalue weighted by Crippen LogP contribution is 2.44. The molecule has 1 nitrogen and oxygen atoms in total. The van der Waals surface area contributed by atoms with E-state index in [0.29, 0.717) is 5.54 Å². The van der Waals surface area contributed by atoms with Gasteiger partial charge >= 0.3 is 0 Å². The third-order valence-electron chi connectivity index (χ3n) is 4.70. The average molecular weight is 261 g/mol. The van der Waals surface area contributed by atoms with Gasteiger partial charge in [0.1, 0.15) is 0 Å². The van der Waals surface area contributed by atoms with Crippen LogP contribution in [0.25, 0.3) is 0 Å². The Kier molecular flexibility index (Phi) is 3.58. The second-order valence-electron chi connectivity index (χ2n) is 5.82. The van der Waals surface area contributed by atoms with Gasteiger partial charge in [-0.25, -0.2) is 0 Å². The molecule has 1 aliphatic carbocycles. The predicted octanol–water partition coefficient (Wildman–Crippen LogP) is 4.56. The zero-order chi connectivity index (χ0) is 12.4. The molecule has 3 rings (SSSR count). The molecular formula is C16H23NS. The van der Waals surface area contributed by atoms with Crippen LogP contribution < -0.4 is 0 Å². The molecule has 0 radical (unpaired) electrons. The number of hydrogen-bond acceptors (Lipinski definition) is 2. The summed E-state index contributed by atoms with van der Waals surface area (Å²) in [7, 11) is 0. The summed E-state index contributed by atoms with van der Waals surface area (Å²) in [5, 5.41) is 2.25. The number of nitrogens with zero attached hydrogens (tertiary/aromatic N) is 1. The molecule has 0 spiro atoms. The first-order valence-electron chi connectivity index (χ1n) is 7.26. The van der Waals surface area contributed by atoms with Crippen molar-refractivity contribution in [3.05, 3.63) is 34.0 Å². The van der Waals surface area contributed by atoms with Crippen molar-refractivity contribution in [2.24, 2.45) is 0 Å². The van der Waals surface area contributed by atoms with Gasteiger partial charge in [0.15, 0.2) is 0 Å². The van der Waals surface area contributed by atoms with Crippen molar-refractivity contribution in [3.63, 3.8) is 0 Å². The van der Waals surface area contributed by atoms with Crippen LogP contribution in [0.4, 0.5) is 0 Å². The molecule has 0 bridgehead atoms. The zero-order valence-electron chi connectivity index (χ0n) is 11.3. The highest BCUT2D eigenvalue weighted by atomic mass is 32.1. The van der Waals surface area contributed by atoms with Gasteiger partial charge in [-0.15, -0.1) is 11.3 Å². The molecule has 98 valence electrons. The summed E-state index contributed by atoms with van der Waals surface area (Å²) in [6.07, 6.45) is 10.6. The van der Waals surface area contributed by atoms with E-state index < -0.39 is 0 Å².